The summed E-state index contributed by atoms with van der Waals surface area (Å²) in [6, 6.07) is 6.60. The topological polar surface area (TPSA) is 72.2 Å². The molecule has 0 aromatic heterocycles. The van der Waals surface area contributed by atoms with E-state index < -0.39 is 15.6 Å². The highest BCUT2D eigenvalue weighted by molar-refractivity contribution is 7.89. The number of hydrogen-bond acceptors (Lipinski definition) is 3. The van der Waals surface area contributed by atoms with E-state index in [2.05, 4.69) is 4.72 Å². The fourth-order valence-corrected chi connectivity index (χ4v) is 3.22. The zero-order valence-electron chi connectivity index (χ0n) is 12.7. The molecule has 6 heteroatoms. The van der Waals surface area contributed by atoms with Crippen LogP contribution in [0, 0.1) is 0 Å². The maximum atomic E-state index is 12.4. The van der Waals surface area contributed by atoms with E-state index in [1.807, 2.05) is 0 Å². The third-order valence-corrected chi connectivity index (χ3v) is 4.60. The first-order valence-corrected chi connectivity index (χ1v) is 8.27. The molecule has 0 saturated heterocycles. The summed E-state index contributed by atoms with van der Waals surface area (Å²) < 4.78 is 39.3. The van der Waals surface area contributed by atoms with Crippen molar-refractivity contribution < 1.29 is 12.8 Å². The van der Waals surface area contributed by atoms with Gasteiger partial charge in [0.25, 0.3) is 0 Å². The predicted octanol–water partition coefficient (Wildman–Crippen LogP) is 2.51. The third kappa shape index (κ3) is 5.95. The molecule has 1 aromatic carbocycles. The van der Waals surface area contributed by atoms with Crippen molar-refractivity contribution in [2.24, 2.45) is 5.73 Å². The van der Waals surface area contributed by atoms with E-state index in [-0.39, 0.29) is 11.4 Å². The van der Waals surface area contributed by atoms with E-state index in [1.54, 1.807) is 45.0 Å². The molecule has 0 bridgehead atoms. The number of aryl methyl sites for hydroxylation is 1. The van der Waals surface area contributed by atoms with E-state index in [1.165, 1.54) is 0 Å². The summed E-state index contributed by atoms with van der Waals surface area (Å²) in [5, 5.41) is 0. The van der Waals surface area contributed by atoms with Gasteiger partial charge in [0.15, 0.2) is 0 Å². The average molecular weight is 314 g/mol. The third-order valence-electron chi connectivity index (χ3n) is 2.83. The first-order chi connectivity index (χ1) is 9.68. The largest absolute Gasteiger partial charge is 0.327 e. The van der Waals surface area contributed by atoms with Gasteiger partial charge in [0.2, 0.25) is 10.0 Å². The van der Waals surface area contributed by atoms with Crippen molar-refractivity contribution in [2.45, 2.75) is 44.0 Å². The summed E-state index contributed by atoms with van der Waals surface area (Å²) in [6.45, 7) is 5.56. The van der Waals surface area contributed by atoms with Crippen molar-refractivity contribution in [3.8, 4) is 0 Å². The van der Waals surface area contributed by atoms with Crippen LogP contribution >= 0.6 is 0 Å². The first-order valence-electron chi connectivity index (χ1n) is 6.79. The first kappa shape index (κ1) is 17.8. The number of hydrogen-bond donors (Lipinski definition) is 2. The highest BCUT2D eigenvalue weighted by atomic mass is 32.2. The van der Waals surface area contributed by atoms with E-state index >= 15 is 0 Å². The van der Waals surface area contributed by atoms with Gasteiger partial charge in [0.1, 0.15) is 0 Å². The Balaban J connectivity index is 2.79. The van der Waals surface area contributed by atoms with Gasteiger partial charge in [-0.05, 0) is 56.9 Å². The fraction of sp³-hybridized carbons (Fsp3) is 0.467. The van der Waals surface area contributed by atoms with E-state index in [4.69, 9.17) is 5.73 Å². The Morgan fingerprint density at radius 1 is 1.29 bits per heavy atom. The number of nitrogens with two attached hydrogens (primary N) is 1. The molecule has 0 spiro atoms. The van der Waals surface area contributed by atoms with Crippen LogP contribution < -0.4 is 10.5 Å². The number of sulfonamides is 1. The minimum atomic E-state index is -3.52. The van der Waals surface area contributed by atoms with Crippen LogP contribution in [0.4, 0.5) is 4.39 Å². The second kappa shape index (κ2) is 7.15. The molecule has 0 aliphatic rings. The lowest BCUT2D eigenvalue weighted by atomic mass is 10.1. The van der Waals surface area contributed by atoms with Crippen LogP contribution in [0.2, 0.25) is 0 Å². The van der Waals surface area contributed by atoms with Crippen LogP contribution in [-0.2, 0) is 16.4 Å². The standard InChI is InChI=1S/C15H23FN2O2S/c1-15(2,3)18-21(19,20)14-8-6-12(7-9-14)4-5-13(10-16)11-17/h6-10,18H,4-5,11,17H2,1-3H3/b13-10-. The Bertz CT molecular complexity index is 587. The van der Waals surface area contributed by atoms with Gasteiger partial charge in [-0.25, -0.2) is 17.5 Å². The Hall–Kier alpha value is -1.24. The average Bonchev–Trinajstić information content (AvgIpc) is 2.38. The quantitative estimate of drug-likeness (QED) is 0.847. The molecule has 0 unspecified atom stereocenters. The molecule has 0 amide bonds. The smallest absolute Gasteiger partial charge is 0.241 e. The predicted molar refractivity (Wildman–Crippen MR) is 83.1 cm³/mol. The summed E-state index contributed by atoms with van der Waals surface area (Å²) in [5.41, 5.74) is 6.35. The van der Waals surface area contributed by atoms with Crippen LogP contribution in [0.15, 0.2) is 41.1 Å². The van der Waals surface area contributed by atoms with Crippen molar-refractivity contribution in [1.29, 1.82) is 0 Å². The molecule has 0 radical (unpaired) electrons. The minimum absolute atomic E-state index is 0.193. The molecule has 4 nitrogen and oxygen atoms in total. The van der Waals surface area contributed by atoms with Gasteiger partial charge in [-0.1, -0.05) is 12.1 Å². The van der Waals surface area contributed by atoms with Crippen molar-refractivity contribution >= 4 is 10.0 Å². The highest BCUT2D eigenvalue weighted by Gasteiger charge is 2.21. The van der Waals surface area contributed by atoms with Gasteiger partial charge < -0.3 is 5.73 Å². The molecule has 118 valence electrons. The Kier molecular flexibility index (Phi) is 6.07. The van der Waals surface area contributed by atoms with E-state index in [0.717, 1.165) is 5.56 Å². The van der Waals surface area contributed by atoms with Crippen LogP contribution in [0.1, 0.15) is 32.8 Å². The van der Waals surface area contributed by atoms with Gasteiger partial charge in [-0.3, -0.25) is 0 Å². The van der Waals surface area contributed by atoms with Crippen LogP contribution in [-0.4, -0.2) is 20.5 Å². The monoisotopic (exact) mass is 314 g/mol. The minimum Gasteiger partial charge on any atom is -0.327 e. The van der Waals surface area contributed by atoms with Gasteiger partial charge >= 0.3 is 0 Å². The van der Waals surface area contributed by atoms with Crippen LogP contribution in [0.25, 0.3) is 0 Å². The number of nitrogens with one attached hydrogen (secondary N) is 1. The van der Waals surface area contributed by atoms with Gasteiger partial charge in [0.05, 0.1) is 11.2 Å². The lowest BCUT2D eigenvalue weighted by molar-refractivity contribution is 0.491. The highest BCUT2D eigenvalue weighted by Crippen LogP contribution is 2.15. The molecule has 21 heavy (non-hydrogen) atoms. The fourth-order valence-electron chi connectivity index (χ4n) is 1.80. The van der Waals surface area contributed by atoms with Crippen LogP contribution in [0.3, 0.4) is 0 Å². The zero-order chi connectivity index (χ0) is 16.1. The second-order valence-corrected chi connectivity index (χ2v) is 7.65. The molecule has 0 saturated carbocycles. The molecule has 0 atom stereocenters. The summed E-state index contributed by atoms with van der Waals surface area (Å²) >= 11 is 0. The van der Waals surface area contributed by atoms with Crippen molar-refractivity contribution in [2.75, 3.05) is 6.54 Å². The lowest BCUT2D eigenvalue weighted by Crippen LogP contribution is -2.40. The Morgan fingerprint density at radius 2 is 1.86 bits per heavy atom. The van der Waals surface area contributed by atoms with Gasteiger partial charge in [0, 0.05) is 12.1 Å². The van der Waals surface area contributed by atoms with Crippen LogP contribution in [0.5, 0.6) is 0 Å². The second-order valence-electron chi connectivity index (χ2n) is 5.97. The van der Waals surface area contributed by atoms with Gasteiger partial charge in [-0.2, -0.15) is 0 Å². The molecule has 0 aliphatic carbocycles. The molecule has 3 N–H and O–H groups in total. The molecular formula is C15H23FN2O2S. The SMILES string of the molecule is CC(C)(C)NS(=O)(=O)c1ccc(CC/C(=C/F)CN)cc1. The normalized spacial score (nSPS) is 13.5. The van der Waals surface area contributed by atoms with Crippen molar-refractivity contribution in [3.63, 3.8) is 0 Å². The molecule has 0 fully saturated rings. The summed E-state index contributed by atoms with van der Waals surface area (Å²) in [7, 11) is -3.52. The lowest BCUT2D eigenvalue weighted by Gasteiger charge is -2.20. The zero-order valence-corrected chi connectivity index (χ0v) is 13.5. The molecular weight excluding hydrogens is 291 g/mol. The van der Waals surface area contributed by atoms with E-state index in [0.29, 0.717) is 24.7 Å². The van der Waals surface area contributed by atoms with Crippen molar-refractivity contribution in [1.82, 2.24) is 4.72 Å². The number of halogens is 1. The van der Waals surface area contributed by atoms with Crippen molar-refractivity contribution in [3.05, 3.63) is 41.7 Å². The molecule has 1 rings (SSSR count). The maximum Gasteiger partial charge on any atom is 0.241 e. The Labute approximate surface area is 126 Å². The number of benzene rings is 1. The summed E-state index contributed by atoms with van der Waals surface area (Å²) in [6.07, 6.45) is 1.69. The van der Waals surface area contributed by atoms with Gasteiger partial charge in [-0.15, -0.1) is 0 Å². The molecule has 0 aliphatic heterocycles. The number of rotatable bonds is 6. The molecule has 1 aromatic rings. The Morgan fingerprint density at radius 3 is 2.29 bits per heavy atom. The molecule has 0 heterocycles. The summed E-state index contributed by atoms with van der Waals surface area (Å²) in [5.74, 6) is 0. The van der Waals surface area contributed by atoms with E-state index in [9.17, 15) is 12.8 Å². The maximum absolute atomic E-state index is 12.4. The summed E-state index contributed by atoms with van der Waals surface area (Å²) in [4.78, 5) is 0.223.